The number of hydrogen-bond donors (Lipinski definition) is 3. The Bertz CT molecular complexity index is 707. The Hall–Kier alpha value is -1.82. The number of fused-ring (bicyclic) bond motifs is 1. The van der Waals surface area contributed by atoms with Crippen LogP contribution in [0.15, 0.2) is 6.07 Å². The lowest BCUT2D eigenvalue weighted by atomic mass is 10.2. The number of aryl methyl sites for hydroxylation is 1. The van der Waals surface area contributed by atoms with Crippen molar-refractivity contribution in [1.82, 2.24) is 10.3 Å². The Morgan fingerprint density at radius 1 is 1.35 bits per heavy atom. The van der Waals surface area contributed by atoms with Crippen molar-refractivity contribution in [2.75, 3.05) is 0 Å². The molecule has 3 rings (SSSR count). The largest absolute Gasteiger partial charge is 0.478 e. The molecule has 0 aromatic carbocycles. The third-order valence-corrected chi connectivity index (χ3v) is 5.28. The lowest BCUT2D eigenvalue weighted by molar-refractivity contribution is 0.0698. The summed E-state index contributed by atoms with van der Waals surface area (Å²) in [7, 11) is 0. The first-order valence-corrected chi connectivity index (χ1v) is 7.38. The van der Waals surface area contributed by atoms with Crippen LogP contribution in [0.4, 0.5) is 0 Å². The highest BCUT2D eigenvalue weighted by molar-refractivity contribution is 7.19. The van der Waals surface area contributed by atoms with Crippen molar-refractivity contribution in [1.29, 1.82) is 0 Å². The minimum Gasteiger partial charge on any atom is -0.478 e. The third kappa shape index (κ3) is 1.91. The van der Waals surface area contributed by atoms with Gasteiger partial charge in [-0.3, -0.25) is 4.79 Å². The maximum atomic E-state index is 12.1. The summed E-state index contributed by atoms with van der Waals surface area (Å²) in [6, 6.07) is 1.96. The fourth-order valence-electron chi connectivity index (χ4n) is 2.63. The molecule has 0 saturated heterocycles. The second-order valence-electron chi connectivity index (χ2n) is 5.48. The Balaban J connectivity index is 1.90. The van der Waals surface area contributed by atoms with E-state index in [1.165, 1.54) is 11.3 Å². The molecule has 20 heavy (non-hydrogen) atoms. The van der Waals surface area contributed by atoms with E-state index in [1.807, 2.05) is 0 Å². The highest BCUT2D eigenvalue weighted by atomic mass is 32.1. The zero-order valence-corrected chi connectivity index (χ0v) is 12.3. The number of amides is 1. The molecule has 1 saturated carbocycles. The first kappa shape index (κ1) is 13.2. The normalized spacial score (nSPS) is 24.9. The van der Waals surface area contributed by atoms with E-state index in [4.69, 9.17) is 0 Å². The summed E-state index contributed by atoms with van der Waals surface area (Å²) in [5, 5.41) is 12.2. The van der Waals surface area contributed by atoms with Crippen LogP contribution in [0.3, 0.4) is 0 Å². The van der Waals surface area contributed by atoms with Crippen LogP contribution in [0.1, 0.15) is 39.6 Å². The summed E-state index contributed by atoms with van der Waals surface area (Å²) >= 11 is 1.39. The van der Waals surface area contributed by atoms with Gasteiger partial charge in [0.05, 0.1) is 15.8 Å². The van der Waals surface area contributed by atoms with Crippen LogP contribution in [0.2, 0.25) is 0 Å². The first-order valence-electron chi connectivity index (χ1n) is 6.56. The monoisotopic (exact) mass is 292 g/mol. The number of carbonyl (C=O) groups is 2. The molecule has 1 aliphatic carbocycles. The molecule has 1 fully saturated rings. The summed E-state index contributed by atoms with van der Waals surface area (Å²) < 4.78 is 0.807. The zero-order valence-electron chi connectivity index (χ0n) is 11.5. The van der Waals surface area contributed by atoms with E-state index >= 15 is 0 Å². The van der Waals surface area contributed by atoms with Gasteiger partial charge in [0, 0.05) is 10.9 Å². The maximum Gasteiger partial charge on any atom is 0.338 e. The molecule has 0 bridgehead atoms. The number of aromatic amines is 1. The molecule has 106 valence electrons. The van der Waals surface area contributed by atoms with Crippen molar-refractivity contribution in [3.8, 4) is 0 Å². The number of rotatable bonds is 3. The molecule has 0 aliphatic heterocycles. The summed E-state index contributed by atoms with van der Waals surface area (Å²) in [4.78, 5) is 27.1. The predicted octanol–water partition coefficient (Wildman–Crippen LogP) is 2.62. The van der Waals surface area contributed by atoms with Crippen LogP contribution in [0, 0.1) is 18.8 Å². The molecule has 2 heterocycles. The van der Waals surface area contributed by atoms with E-state index in [0.29, 0.717) is 23.0 Å². The molecular formula is C14H16N2O3S. The van der Waals surface area contributed by atoms with E-state index in [0.717, 1.165) is 9.58 Å². The van der Waals surface area contributed by atoms with E-state index < -0.39 is 5.97 Å². The lowest BCUT2D eigenvalue weighted by Gasteiger charge is -2.01. The Kier molecular flexibility index (Phi) is 2.86. The quantitative estimate of drug-likeness (QED) is 0.813. The fourth-order valence-corrected chi connectivity index (χ4v) is 3.68. The molecule has 0 spiro atoms. The predicted molar refractivity (Wildman–Crippen MR) is 77.5 cm³/mol. The minimum atomic E-state index is -0.966. The molecule has 1 amide bonds. The van der Waals surface area contributed by atoms with E-state index in [2.05, 4.69) is 24.1 Å². The Labute approximate surface area is 120 Å². The lowest BCUT2D eigenvalue weighted by Crippen LogP contribution is -2.27. The van der Waals surface area contributed by atoms with Gasteiger partial charge in [0.1, 0.15) is 5.69 Å². The molecule has 1 aliphatic rings. The molecule has 0 radical (unpaired) electrons. The van der Waals surface area contributed by atoms with Crippen molar-refractivity contribution in [3.05, 3.63) is 22.2 Å². The number of aromatic carboxylic acids is 1. The van der Waals surface area contributed by atoms with Crippen LogP contribution < -0.4 is 5.32 Å². The number of H-pyrrole nitrogens is 1. The van der Waals surface area contributed by atoms with Gasteiger partial charge in [-0.15, -0.1) is 11.3 Å². The maximum absolute atomic E-state index is 12.1. The van der Waals surface area contributed by atoms with Gasteiger partial charge in [-0.25, -0.2) is 4.79 Å². The number of aromatic nitrogens is 1. The van der Waals surface area contributed by atoms with E-state index in [1.54, 1.807) is 13.0 Å². The minimum absolute atomic E-state index is 0.163. The van der Waals surface area contributed by atoms with Crippen molar-refractivity contribution >= 4 is 33.4 Å². The number of hydrogen-bond acceptors (Lipinski definition) is 3. The summed E-state index contributed by atoms with van der Waals surface area (Å²) in [6.07, 6.45) is 0. The van der Waals surface area contributed by atoms with Gasteiger partial charge < -0.3 is 15.4 Å². The summed E-state index contributed by atoms with van der Waals surface area (Å²) in [6.45, 7) is 5.98. The number of carbonyl (C=O) groups excluding carboxylic acids is 1. The number of thiophene rings is 1. The second kappa shape index (κ2) is 4.34. The summed E-state index contributed by atoms with van der Waals surface area (Å²) in [5.41, 5.74) is 1.24. The molecule has 6 heteroatoms. The van der Waals surface area contributed by atoms with Gasteiger partial charge in [-0.05, 0) is 24.8 Å². The molecule has 5 nitrogen and oxygen atoms in total. The second-order valence-corrected chi connectivity index (χ2v) is 6.73. The average Bonchev–Trinajstić information content (AvgIpc) is 2.76. The van der Waals surface area contributed by atoms with E-state index in [-0.39, 0.29) is 17.5 Å². The number of carboxylic acid groups (broad SMARTS) is 1. The number of carboxylic acids is 1. The van der Waals surface area contributed by atoms with Crippen LogP contribution in [0.5, 0.6) is 0 Å². The van der Waals surface area contributed by atoms with Crippen molar-refractivity contribution < 1.29 is 14.7 Å². The Morgan fingerprint density at radius 2 is 2.00 bits per heavy atom. The smallest absolute Gasteiger partial charge is 0.338 e. The molecule has 3 atom stereocenters. The van der Waals surface area contributed by atoms with Gasteiger partial charge in [0.25, 0.3) is 5.91 Å². The van der Waals surface area contributed by atoms with Gasteiger partial charge in [-0.1, -0.05) is 13.8 Å². The van der Waals surface area contributed by atoms with Gasteiger partial charge >= 0.3 is 5.97 Å². The fraction of sp³-hybridized carbons (Fsp3) is 0.429. The highest BCUT2D eigenvalue weighted by Crippen LogP contribution is 2.38. The molecule has 3 N–H and O–H groups in total. The molecular weight excluding hydrogens is 276 g/mol. The van der Waals surface area contributed by atoms with Crippen LogP contribution in [-0.2, 0) is 0 Å². The number of nitrogens with one attached hydrogen (secondary N) is 2. The molecule has 2 aromatic rings. The van der Waals surface area contributed by atoms with Crippen LogP contribution in [-0.4, -0.2) is 28.0 Å². The summed E-state index contributed by atoms with van der Waals surface area (Å²) in [5.74, 6) is -0.116. The van der Waals surface area contributed by atoms with Gasteiger partial charge in [-0.2, -0.15) is 0 Å². The zero-order chi connectivity index (χ0) is 14.6. The van der Waals surface area contributed by atoms with Gasteiger partial charge in [0.2, 0.25) is 0 Å². The molecule has 1 unspecified atom stereocenters. The van der Waals surface area contributed by atoms with Crippen LogP contribution in [0.25, 0.3) is 10.2 Å². The standard InChI is InChI=1S/C14H16N2O3S/c1-5-6(2)11(5)16-13(17)8-4-9-12(15-8)10(14(18)19)7(3)20-9/h4-6,11,15H,1-3H3,(H,16,17)(H,18,19)/t5-,6+,11?. The molecule has 2 aromatic heterocycles. The highest BCUT2D eigenvalue weighted by Gasteiger charge is 2.44. The third-order valence-electron chi connectivity index (χ3n) is 4.22. The van der Waals surface area contributed by atoms with E-state index in [9.17, 15) is 14.7 Å². The van der Waals surface area contributed by atoms with Crippen molar-refractivity contribution in [3.63, 3.8) is 0 Å². The first-order chi connectivity index (χ1) is 9.40. The topological polar surface area (TPSA) is 82.2 Å². The van der Waals surface area contributed by atoms with Crippen LogP contribution >= 0.6 is 11.3 Å². The van der Waals surface area contributed by atoms with Crippen molar-refractivity contribution in [2.45, 2.75) is 26.8 Å². The average molecular weight is 292 g/mol. The Morgan fingerprint density at radius 3 is 2.55 bits per heavy atom. The SMILES string of the molecule is Cc1sc2cc(C(=O)NC3[C@@H](C)[C@H]3C)[nH]c2c1C(=O)O. The van der Waals surface area contributed by atoms with Gasteiger partial charge in [0.15, 0.2) is 0 Å². The van der Waals surface area contributed by atoms with Crippen molar-refractivity contribution in [2.24, 2.45) is 11.8 Å².